The zero-order valence-electron chi connectivity index (χ0n) is 13.4. The number of nitrogens with zero attached hydrogens (tertiary/aromatic N) is 2. The fraction of sp³-hybridized carbons (Fsp3) is 0.625. The Bertz CT molecular complexity index is 563. The van der Waals surface area contributed by atoms with Gasteiger partial charge in [-0.25, -0.2) is 9.59 Å². The molecular weight excluding hydrogens is 314 g/mol. The van der Waals surface area contributed by atoms with Gasteiger partial charge in [-0.2, -0.15) is 0 Å². The highest BCUT2D eigenvalue weighted by molar-refractivity contribution is 7.09. The van der Waals surface area contributed by atoms with E-state index in [1.807, 2.05) is 16.3 Å². The summed E-state index contributed by atoms with van der Waals surface area (Å²) in [4.78, 5) is 28.7. The Kier molecular flexibility index (Phi) is 4.75. The molecule has 0 aromatic carbocycles. The average molecular weight is 337 g/mol. The Labute approximate surface area is 140 Å². The Morgan fingerprint density at radius 3 is 3.00 bits per heavy atom. The number of rotatable bonds is 3. The molecule has 1 N–H and O–H groups in total. The van der Waals surface area contributed by atoms with Gasteiger partial charge in [-0.1, -0.05) is 6.07 Å². The molecule has 0 aliphatic carbocycles. The fourth-order valence-electron chi connectivity index (χ4n) is 3.28. The predicted octanol–water partition coefficient (Wildman–Crippen LogP) is 2.31. The van der Waals surface area contributed by atoms with Gasteiger partial charge in [-0.05, 0) is 30.7 Å². The summed E-state index contributed by atoms with van der Waals surface area (Å²) in [7, 11) is 1.76. The molecule has 126 valence electrons. The maximum absolute atomic E-state index is 12.3. The first kappa shape index (κ1) is 16.1. The zero-order valence-corrected chi connectivity index (χ0v) is 14.2. The largest absolute Gasteiger partial charge is 0.441 e. The van der Waals surface area contributed by atoms with Crippen molar-refractivity contribution in [3.8, 4) is 0 Å². The second kappa shape index (κ2) is 6.78. The average Bonchev–Trinajstić information content (AvgIpc) is 3.06. The van der Waals surface area contributed by atoms with Crippen LogP contribution in [0.4, 0.5) is 9.59 Å². The van der Waals surface area contributed by atoms with Crippen LogP contribution in [0.5, 0.6) is 0 Å². The van der Waals surface area contributed by atoms with E-state index < -0.39 is 5.60 Å². The quantitative estimate of drug-likeness (QED) is 0.921. The Morgan fingerprint density at radius 2 is 2.30 bits per heavy atom. The van der Waals surface area contributed by atoms with E-state index in [9.17, 15) is 9.59 Å². The number of urea groups is 1. The number of carbonyl (C=O) groups is 2. The number of carbonyl (C=O) groups excluding carboxylic acids is 2. The van der Waals surface area contributed by atoms with Gasteiger partial charge in [-0.15, -0.1) is 11.3 Å². The molecule has 1 aromatic heterocycles. The van der Waals surface area contributed by atoms with Crippen LogP contribution in [-0.4, -0.2) is 60.8 Å². The van der Waals surface area contributed by atoms with Gasteiger partial charge in [-0.3, -0.25) is 0 Å². The molecule has 0 radical (unpaired) electrons. The molecule has 0 unspecified atom stereocenters. The number of likely N-dealkylation sites (N-methyl/N-ethyl adjacent to an activating group) is 1. The van der Waals surface area contributed by atoms with Crippen molar-refractivity contribution in [2.24, 2.45) is 0 Å². The minimum atomic E-state index is -0.405. The molecule has 3 rings (SSSR count). The molecule has 7 heteroatoms. The van der Waals surface area contributed by atoms with Crippen LogP contribution in [0, 0.1) is 0 Å². The summed E-state index contributed by atoms with van der Waals surface area (Å²) in [5, 5.41) is 5.04. The van der Waals surface area contributed by atoms with Gasteiger partial charge < -0.3 is 19.9 Å². The SMILES string of the molecule is CN1C[C@]2(CCCN(C(=O)NCCc3cccs3)CC2)OC1=O. The topological polar surface area (TPSA) is 61.9 Å². The van der Waals surface area contributed by atoms with E-state index >= 15 is 0 Å². The smallest absolute Gasteiger partial charge is 0.410 e. The molecule has 0 bridgehead atoms. The Morgan fingerprint density at radius 1 is 1.43 bits per heavy atom. The molecular formula is C16H23N3O3S. The summed E-state index contributed by atoms with van der Waals surface area (Å²) in [5.41, 5.74) is -0.405. The van der Waals surface area contributed by atoms with Crippen molar-refractivity contribution in [3.63, 3.8) is 0 Å². The van der Waals surface area contributed by atoms with E-state index in [0.29, 0.717) is 32.6 Å². The second-order valence-corrected chi connectivity index (χ2v) is 7.34. The number of amides is 3. The van der Waals surface area contributed by atoms with Crippen molar-refractivity contribution >= 4 is 23.5 Å². The summed E-state index contributed by atoms with van der Waals surface area (Å²) in [6.45, 7) is 2.62. The van der Waals surface area contributed by atoms with E-state index in [1.165, 1.54) is 4.88 Å². The van der Waals surface area contributed by atoms with Gasteiger partial charge in [0, 0.05) is 38.0 Å². The molecule has 1 spiro atoms. The lowest BCUT2D eigenvalue weighted by Gasteiger charge is -2.25. The number of nitrogens with one attached hydrogen (secondary N) is 1. The third-order valence-electron chi connectivity index (χ3n) is 4.55. The highest BCUT2D eigenvalue weighted by atomic mass is 32.1. The van der Waals surface area contributed by atoms with Crippen LogP contribution in [0.3, 0.4) is 0 Å². The molecule has 2 saturated heterocycles. The van der Waals surface area contributed by atoms with Crippen LogP contribution in [0.15, 0.2) is 17.5 Å². The number of thiophene rings is 1. The molecule has 3 heterocycles. The molecule has 2 aliphatic heterocycles. The van der Waals surface area contributed by atoms with E-state index in [0.717, 1.165) is 19.3 Å². The minimum Gasteiger partial charge on any atom is -0.441 e. The van der Waals surface area contributed by atoms with Crippen LogP contribution >= 0.6 is 11.3 Å². The van der Waals surface area contributed by atoms with Gasteiger partial charge in [0.2, 0.25) is 0 Å². The Balaban J connectivity index is 1.47. The number of ether oxygens (including phenoxy) is 1. The molecule has 3 amide bonds. The van der Waals surface area contributed by atoms with Gasteiger partial charge in [0.1, 0.15) is 5.60 Å². The van der Waals surface area contributed by atoms with Crippen LogP contribution in [0.2, 0.25) is 0 Å². The molecule has 2 fully saturated rings. The first-order chi connectivity index (χ1) is 11.1. The van der Waals surface area contributed by atoms with Crippen molar-refractivity contribution in [1.82, 2.24) is 15.1 Å². The molecule has 0 saturated carbocycles. The number of hydrogen-bond acceptors (Lipinski definition) is 4. The summed E-state index contributed by atoms with van der Waals surface area (Å²) in [5.74, 6) is 0. The number of likely N-dealkylation sites (tertiary alicyclic amines) is 1. The molecule has 23 heavy (non-hydrogen) atoms. The second-order valence-electron chi connectivity index (χ2n) is 6.31. The maximum Gasteiger partial charge on any atom is 0.410 e. The van der Waals surface area contributed by atoms with Crippen LogP contribution in [0.25, 0.3) is 0 Å². The van der Waals surface area contributed by atoms with Crippen molar-refractivity contribution in [1.29, 1.82) is 0 Å². The molecule has 6 nitrogen and oxygen atoms in total. The third-order valence-corrected chi connectivity index (χ3v) is 5.49. The highest BCUT2D eigenvalue weighted by Crippen LogP contribution is 2.32. The first-order valence-electron chi connectivity index (χ1n) is 8.07. The standard InChI is InChI=1S/C16H23N3O3S/c1-18-12-16(22-15(18)21)6-3-9-19(10-7-16)14(20)17-8-5-13-4-2-11-23-13/h2,4,11H,3,5-10,12H2,1H3,(H,17,20)/t16-/m1/s1. The van der Waals surface area contributed by atoms with Gasteiger partial charge in [0.05, 0.1) is 6.54 Å². The summed E-state index contributed by atoms with van der Waals surface area (Å²) < 4.78 is 5.57. The molecule has 1 atom stereocenters. The van der Waals surface area contributed by atoms with Gasteiger partial charge in [0.15, 0.2) is 0 Å². The fourth-order valence-corrected chi connectivity index (χ4v) is 3.99. The van der Waals surface area contributed by atoms with Crippen molar-refractivity contribution in [2.45, 2.75) is 31.3 Å². The lowest BCUT2D eigenvalue weighted by molar-refractivity contribution is 0.0453. The minimum absolute atomic E-state index is 0.0173. The van der Waals surface area contributed by atoms with E-state index in [1.54, 1.807) is 23.3 Å². The van der Waals surface area contributed by atoms with Crippen molar-refractivity contribution < 1.29 is 14.3 Å². The van der Waals surface area contributed by atoms with Crippen molar-refractivity contribution in [3.05, 3.63) is 22.4 Å². The van der Waals surface area contributed by atoms with E-state index in [4.69, 9.17) is 4.74 Å². The third kappa shape index (κ3) is 3.77. The van der Waals surface area contributed by atoms with Crippen LogP contribution in [-0.2, 0) is 11.2 Å². The van der Waals surface area contributed by atoms with Gasteiger partial charge >= 0.3 is 12.1 Å². The van der Waals surface area contributed by atoms with Gasteiger partial charge in [0.25, 0.3) is 0 Å². The molecule has 1 aromatic rings. The van der Waals surface area contributed by atoms with Crippen LogP contribution in [0.1, 0.15) is 24.1 Å². The van der Waals surface area contributed by atoms with Crippen LogP contribution < -0.4 is 5.32 Å². The van der Waals surface area contributed by atoms with E-state index in [2.05, 4.69) is 11.4 Å². The predicted molar refractivity (Wildman–Crippen MR) is 88.7 cm³/mol. The summed E-state index contributed by atoms with van der Waals surface area (Å²) >= 11 is 1.71. The lowest BCUT2D eigenvalue weighted by atomic mass is 9.95. The molecule has 2 aliphatic rings. The van der Waals surface area contributed by atoms with E-state index in [-0.39, 0.29) is 12.1 Å². The number of hydrogen-bond donors (Lipinski definition) is 1. The highest BCUT2D eigenvalue weighted by Gasteiger charge is 2.44. The maximum atomic E-state index is 12.3. The summed E-state index contributed by atoms with van der Waals surface area (Å²) in [6.07, 6.45) is 3.01. The zero-order chi connectivity index (χ0) is 16.3. The summed E-state index contributed by atoms with van der Waals surface area (Å²) in [6, 6.07) is 4.09. The Hall–Kier alpha value is -1.76. The first-order valence-corrected chi connectivity index (χ1v) is 8.95. The monoisotopic (exact) mass is 337 g/mol. The lowest BCUT2D eigenvalue weighted by Crippen LogP contribution is -2.42. The normalized spacial score (nSPS) is 24.7. The van der Waals surface area contributed by atoms with Crippen molar-refractivity contribution in [2.75, 3.05) is 33.2 Å².